The minimum atomic E-state index is -1.12. The summed E-state index contributed by atoms with van der Waals surface area (Å²) >= 11 is 0. The number of primary amides is 1. The van der Waals surface area contributed by atoms with E-state index in [9.17, 15) is 48.3 Å². The van der Waals surface area contributed by atoms with Gasteiger partial charge in [-0.05, 0) is 85.1 Å². The number of aliphatic hydroxyl groups is 1. The lowest BCUT2D eigenvalue weighted by Gasteiger charge is -2.41. The molecule has 1 aliphatic heterocycles. The Balaban J connectivity index is 1.63. The summed E-state index contributed by atoms with van der Waals surface area (Å²) in [5.74, 6) is -5.35. The number of rotatable bonds is 47. The van der Waals surface area contributed by atoms with Crippen molar-refractivity contribution in [2.45, 2.75) is 181 Å². The number of nitrogens with zero attached hydrogens (tertiary/aromatic N) is 6. The summed E-state index contributed by atoms with van der Waals surface area (Å²) in [6.45, 7) is 20.8. The second-order valence-corrected chi connectivity index (χ2v) is 26.0. The summed E-state index contributed by atoms with van der Waals surface area (Å²) in [6, 6.07) is 8.73. The molecule has 3 rings (SSSR count). The maximum Gasteiger partial charge on any atom is 0.410 e. The second-order valence-electron chi connectivity index (χ2n) is 26.0. The third-order valence-electron chi connectivity index (χ3n) is 17.5. The number of anilines is 1. The zero-order valence-corrected chi connectivity index (χ0v) is 60.5. The highest BCUT2D eigenvalue weighted by atomic mass is 16.6. The van der Waals surface area contributed by atoms with Gasteiger partial charge in [-0.1, -0.05) is 116 Å². The number of ether oxygens (including phenoxy) is 7. The zero-order valence-electron chi connectivity index (χ0n) is 60.5. The van der Waals surface area contributed by atoms with E-state index < -0.39 is 120 Å². The lowest BCUT2D eigenvalue weighted by Crippen LogP contribution is -2.60. The van der Waals surface area contributed by atoms with Crippen LogP contribution in [0.5, 0.6) is 0 Å². The maximum absolute atomic E-state index is 14.8. The number of urea groups is 1. The molecule has 0 aliphatic carbocycles. The molecule has 12 unspecified atom stereocenters. The van der Waals surface area contributed by atoms with Gasteiger partial charge in [0.15, 0.2) is 0 Å². The highest BCUT2D eigenvalue weighted by molar-refractivity contribution is 5.98. The van der Waals surface area contributed by atoms with Crippen molar-refractivity contribution in [3.05, 3.63) is 76.2 Å². The van der Waals surface area contributed by atoms with Gasteiger partial charge in [-0.3, -0.25) is 38.5 Å². The Morgan fingerprint density at radius 2 is 1.32 bits per heavy atom. The third-order valence-corrected chi connectivity index (χ3v) is 17.5. The van der Waals surface area contributed by atoms with Crippen molar-refractivity contribution in [2.75, 3.05) is 106 Å². The van der Waals surface area contributed by atoms with Crippen LogP contribution >= 0.6 is 0 Å². The van der Waals surface area contributed by atoms with Crippen molar-refractivity contribution < 1.29 is 81.4 Å². The van der Waals surface area contributed by atoms with Gasteiger partial charge in [0.2, 0.25) is 41.4 Å². The molecule has 10 amide bonds. The molecule has 1 aliphatic rings. The normalized spacial score (nSPS) is 16.3. The minimum absolute atomic E-state index is 0.0504. The van der Waals surface area contributed by atoms with Gasteiger partial charge >= 0.3 is 12.1 Å². The molecule has 0 bridgehead atoms. The molecule has 1 saturated heterocycles. The minimum Gasteiger partial charge on any atom is -0.445 e. The molecule has 0 spiro atoms. The van der Waals surface area contributed by atoms with Crippen LogP contribution in [0.3, 0.4) is 0 Å². The number of aliphatic hydroxyl groups excluding tert-OH is 1. The molecule has 12 atom stereocenters. The highest BCUT2D eigenvalue weighted by Gasteiger charge is 2.44. The number of likely N-dealkylation sites (tertiary alicyclic amines) is 1. The summed E-state index contributed by atoms with van der Waals surface area (Å²) in [5, 5.41) is 31.0. The van der Waals surface area contributed by atoms with Crippen LogP contribution in [0.2, 0.25) is 0 Å². The molecule has 556 valence electrons. The fourth-order valence-electron chi connectivity index (χ4n) is 11.8. The van der Waals surface area contributed by atoms with Crippen LogP contribution in [-0.4, -0.2) is 229 Å². The van der Waals surface area contributed by atoms with Crippen LogP contribution in [0, 0.1) is 29.6 Å². The van der Waals surface area contributed by atoms with E-state index in [-0.39, 0.29) is 88.9 Å². The first-order chi connectivity index (χ1) is 47.1. The van der Waals surface area contributed by atoms with Crippen molar-refractivity contribution in [1.29, 1.82) is 0 Å². The highest BCUT2D eigenvalue weighted by Crippen LogP contribution is 2.31. The quantitative estimate of drug-likeness (QED) is 0.0179. The van der Waals surface area contributed by atoms with Crippen LogP contribution in [0.15, 0.2) is 59.7 Å². The van der Waals surface area contributed by atoms with E-state index >= 15 is 0 Å². The molecule has 0 radical (unpaired) electrons. The number of likely N-dealkylation sites (N-methyl/N-ethyl adjacent to an activating group) is 2. The van der Waals surface area contributed by atoms with Gasteiger partial charge in [-0.2, -0.15) is 0 Å². The molecule has 99 heavy (non-hydrogen) atoms. The SMILES string of the molecule is CCC(C)C(C(CC(=O)N1CCCC1C(OC)C(C)C(=O)NC(C)C(O)c1ccccc1)OC)N(C)C(=O)C(NC(=O)C(C(C)C)N(C)C(=O)OCc1ccc(NC(=O)C(CCCNC(N)=O)NC(=O)C(NC(=O)CCOCCOCCOCCOCCN=[N+]=[N-])C(C)C)cc1)C(C)C. The molecular formula is C69H113N13O17. The number of carbonyl (C=O) groups is 9. The molecule has 30 heteroatoms. The Bertz CT molecular complexity index is 2850. The van der Waals surface area contributed by atoms with Crippen LogP contribution < -0.4 is 37.6 Å². The second kappa shape index (κ2) is 45.9. The summed E-state index contributed by atoms with van der Waals surface area (Å²) in [7, 11) is 6.08. The number of nitrogens with one attached hydrogen (secondary N) is 6. The predicted octanol–water partition coefficient (Wildman–Crippen LogP) is 5.36. The Labute approximate surface area is 583 Å². The van der Waals surface area contributed by atoms with Gasteiger partial charge in [-0.25, -0.2) is 9.59 Å². The number of benzene rings is 2. The van der Waals surface area contributed by atoms with Crippen LogP contribution in [-0.2, 0) is 73.3 Å². The molecule has 30 nitrogen and oxygen atoms in total. The van der Waals surface area contributed by atoms with E-state index in [1.165, 1.54) is 26.2 Å². The van der Waals surface area contributed by atoms with Crippen LogP contribution in [0.1, 0.15) is 131 Å². The number of carbonyl (C=O) groups excluding carboxylic acids is 9. The first-order valence-corrected chi connectivity index (χ1v) is 34.3. The van der Waals surface area contributed by atoms with Gasteiger partial charge in [0.25, 0.3) is 0 Å². The van der Waals surface area contributed by atoms with Gasteiger partial charge in [-0.15, -0.1) is 0 Å². The fraction of sp³-hybridized carbons (Fsp3) is 0.696. The standard InChI is InChI=1S/C69H113N13O17/c1-15-46(8)60(54(93-13)41-56(84)82-32-20-24-53(82)62(94-14)47(9)63(86)74-48(10)61(85)50-21-17-16-18-22-50)80(11)67(90)58(44(4)5)78-66(89)59(45(6)7)81(12)69(92)99-42-49-25-27-51(28-26-49)75-64(87)52(23-19-30-72-68(70)91)76-65(88)57(43(2)3)77-55(83)29-33-95-35-37-97-39-40-98-38-36-96-34-31-73-79-71/h16-18,21-22,25-28,43-48,52-54,57-62,85H,15,19-20,23-24,29-42H2,1-14H3,(H,74,86)(H,75,87)(H,76,88)(H,77,83)(H,78,89)(H3,70,72,91). The van der Waals surface area contributed by atoms with Crippen molar-refractivity contribution in [3.8, 4) is 0 Å². The van der Waals surface area contributed by atoms with Gasteiger partial charge in [0.1, 0.15) is 30.8 Å². The number of nitrogens with two attached hydrogens (primary N) is 1. The molecule has 0 aromatic heterocycles. The van der Waals surface area contributed by atoms with E-state index in [2.05, 4.69) is 41.9 Å². The largest absolute Gasteiger partial charge is 0.445 e. The zero-order chi connectivity index (χ0) is 73.7. The van der Waals surface area contributed by atoms with Crippen molar-refractivity contribution in [1.82, 2.24) is 41.3 Å². The molecule has 0 saturated carbocycles. The lowest BCUT2D eigenvalue weighted by molar-refractivity contribution is -0.148. The third kappa shape index (κ3) is 29.2. The van der Waals surface area contributed by atoms with E-state index in [0.717, 1.165) is 0 Å². The summed E-state index contributed by atoms with van der Waals surface area (Å²) in [6.07, 6.45) is -1.13. The Morgan fingerprint density at radius 3 is 1.88 bits per heavy atom. The number of hydrogen-bond donors (Lipinski definition) is 8. The van der Waals surface area contributed by atoms with Crippen LogP contribution in [0.4, 0.5) is 15.3 Å². The van der Waals surface area contributed by atoms with E-state index in [4.69, 9.17) is 44.4 Å². The molecule has 2 aromatic carbocycles. The Morgan fingerprint density at radius 1 is 0.717 bits per heavy atom. The molecular weight excluding hydrogens is 1280 g/mol. The number of methoxy groups -OCH3 is 2. The summed E-state index contributed by atoms with van der Waals surface area (Å²) < 4.78 is 39.4. The number of hydrogen-bond acceptors (Lipinski definition) is 18. The topological polar surface area (TPSA) is 395 Å². The van der Waals surface area contributed by atoms with E-state index in [1.807, 2.05) is 32.0 Å². The number of amides is 10. The average Bonchev–Trinajstić information content (AvgIpc) is 1.76. The van der Waals surface area contributed by atoms with Crippen molar-refractivity contribution in [2.24, 2.45) is 40.4 Å². The molecule has 9 N–H and O–H groups in total. The van der Waals surface area contributed by atoms with Gasteiger partial charge in [0.05, 0.1) is 102 Å². The maximum atomic E-state index is 14.8. The summed E-state index contributed by atoms with van der Waals surface area (Å²) in [4.78, 5) is 130. The first-order valence-electron chi connectivity index (χ1n) is 34.3. The average molecular weight is 1400 g/mol. The predicted molar refractivity (Wildman–Crippen MR) is 371 cm³/mol. The monoisotopic (exact) mass is 1400 g/mol. The van der Waals surface area contributed by atoms with Crippen molar-refractivity contribution in [3.63, 3.8) is 0 Å². The molecule has 2 aromatic rings. The number of azide groups is 1. The van der Waals surface area contributed by atoms with Gasteiger partial charge < -0.3 is 85.7 Å². The Hall–Kier alpha value is -7.70. The molecule has 1 heterocycles. The lowest BCUT2D eigenvalue weighted by atomic mass is 9.89. The summed E-state index contributed by atoms with van der Waals surface area (Å²) in [5.41, 5.74) is 15.1. The first kappa shape index (κ1) is 85.5. The van der Waals surface area contributed by atoms with Crippen molar-refractivity contribution >= 4 is 59.2 Å². The Kier molecular flexibility index (Phi) is 39.6. The smallest absolute Gasteiger partial charge is 0.410 e. The van der Waals surface area contributed by atoms with Gasteiger partial charge in [0, 0.05) is 65.0 Å². The van der Waals surface area contributed by atoms with Crippen LogP contribution in [0.25, 0.3) is 10.4 Å². The fourth-order valence-corrected chi connectivity index (χ4v) is 11.8. The van der Waals surface area contributed by atoms with E-state index in [0.29, 0.717) is 75.7 Å². The van der Waals surface area contributed by atoms with E-state index in [1.54, 1.807) is 109 Å². The molecule has 1 fully saturated rings.